The molecule has 0 aliphatic heterocycles. The van der Waals surface area contributed by atoms with Gasteiger partial charge in [0.2, 0.25) is 11.8 Å². The van der Waals surface area contributed by atoms with Gasteiger partial charge in [-0.15, -0.1) is 0 Å². The molecule has 2 unspecified atom stereocenters. The maximum atomic E-state index is 13.9. The third kappa shape index (κ3) is 9.14. The van der Waals surface area contributed by atoms with Crippen LogP contribution in [0, 0.1) is 32.1 Å². The first kappa shape index (κ1) is 30.8. The fourth-order valence-corrected chi connectivity index (χ4v) is 4.06. The number of hydrogen-bond donors (Lipinski definition) is 3. The van der Waals surface area contributed by atoms with Crippen molar-refractivity contribution in [3.05, 3.63) is 64.7 Å². The van der Waals surface area contributed by atoms with Crippen molar-refractivity contribution in [3.8, 4) is 6.07 Å². The van der Waals surface area contributed by atoms with Crippen molar-refractivity contribution in [1.82, 2.24) is 10.2 Å². The fourth-order valence-electron chi connectivity index (χ4n) is 4.06. The number of rotatable bonds is 10. The van der Waals surface area contributed by atoms with Gasteiger partial charge in [-0.05, 0) is 70.7 Å². The summed E-state index contributed by atoms with van der Waals surface area (Å²) in [5, 5.41) is 15.1. The molecule has 0 aliphatic carbocycles. The summed E-state index contributed by atoms with van der Waals surface area (Å²) in [5.74, 6) is -1.94. The number of ether oxygens (including phenoxy) is 1. The number of carbonyl (C=O) groups is 4. The van der Waals surface area contributed by atoms with E-state index >= 15 is 0 Å². The number of para-hydroxylation sites is 1. The molecule has 4 amide bonds. The van der Waals surface area contributed by atoms with Crippen molar-refractivity contribution >= 4 is 29.5 Å². The zero-order valence-corrected chi connectivity index (χ0v) is 23.3. The van der Waals surface area contributed by atoms with Gasteiger partial charge in [0.25, 0.3) is 5.91 Å². The van der Waals surface area contributed by atoms with Crippen LogP contribution < -0.4 is 16.4 Å². The molecular weight excluding hydrogens is 498 g/mol. The highest BCUT2D eigenvalue weighted by Gasteiger charge is 2.37. The van der Waals surface area contributed by atoms with Crippen molar-refractivity contribution in [2.75, 3.05) is 11.9 Å². The Morgan fingerprint density at radius 1 is 1.05 bits per heavy atom. The molecule has 0 aliphatic rings. The first-order valence-electron chi connectivity index (χ1n) is 12.6. The Morgan fingerprint density at radius 3 is 2.28 bits per heavy atom. The summed E-state index contributed by atoms with van der Waals surface area (Å²) in [7, 11) is 0. The van der Waals surface area contributed by atoms with Gasteiger partial charge < -0.3 is 26.0 Å². The second kappa shape index (κ2) is 13.4. The summed E-state index contributed by atoms with van der Waals surface area (Å²) >= 11 is 0. The molecule has 4 N–H and O–H groups in total. The monoisotopic (exact) mass is 535 g/mol. The third-order valence-electron chi connectivity index (χ3n) is 5.88. The summed E-state index contributed by atoms with van der Waals surface area (Å²) < 4.78 is 5.30. The summed E-state index contributed by atoms with van der Waals surface area (Å²) in [5.41, 5.74) is 8.05. The Morgan fingerprint density at radius 2 is 1.72 bits per heavy atom. The minimum atomic E-state index is -1.28. The Balaban J connectivity index is 2.57. The molecule has 2 rings (SSSR count). The number of alkyl carbamates (subject to hydrolysis) is 1. The molecule has 0 bridgehead atoms. The second-order valence-corrected chi connectivity index (χ2v) is 10.4. The number of benzene rings is 2. The molecule has 2 aromatic rings. The van der Waals surface area contributed by atoms with Gasteiger partial charge in [-0.1, -0.05) is 42.0 Å². The summed E-state index contributed by atoms with van der Waals surface area (Å²) in [6.45, 7) is 10.1. The second-order valence-electron chi connectivity index (χ2n) is 10.4. The Kier molecular flexibility index (Phi) is 10.6. The predicted octanol–water partition coefficient (Wildman–Crippen LogP) is 3.80. The van der Waals surface area contributed by atoms with Gasteiger partial charge in [0.05, 0.1) is 6.07 Å². The highest BCUT2D eigenvalue weighted by atomic mass is 16.6. The Bertz CT molecular complexity index is 1260. The minimum Gasteiger partial charge on any atom is -0.444 e. The van der Waals surface area contributed by atoms with Gasteiger partial charge in [0.1, 0.15) is 24.2 Å². The van der Waals surface area contributed by atoms with Crippen LogP contribution in [0.15, 0.2) is 42.5 Å². The average molecular weight is 536 g/mol. The van der Waals surface area contributed by atoms with Crippen molar-refractivity contribution < 1.29 is 23.9 Å². The molecule has 10 heteroatoms. The van der Waals surface area contributed by atoms with E-state index in [9.17, 15) is 24.4 Å². The van der Waals surface area contributed by atoms with Crippen LogP contribution >= 0.6 is 0 Å². The molecule has 39 heavy (non-hydrogen) atoms. The van der Waals surface area contributed by atoms with E-state index in [4.69, 9.17) is 10.5 Å². The minimum absolute atomic E-state index is 0.144. The van der Waals surface area contributed by atoms with Crippen LogP contribution in [0.1, 0.15) is 61.9 Å². The van der Waals surface area contributed by atoms with Crippen LogP contribution in [0.25, 0.3) is 0 Å². The van der Waals surface area contributed by atoms with Crippen LogP contribution in [0.2, 0.25) is 0 Å². The summed E-state index contributed by atoms with van der Waals surface area (Å²) in [4.78, 5) is 53.0. The molecule has 0 saturated heterocycles. The molecule has 0 radical (unpaired) electrons. The van der Waals surface area contributed by atoms with Crippen molar-refractivity contribution in [3.63, 3.8) is 0 Å². The molecule has 208 valence electrons. The normalized spacial score (nSPS) is 12.4. The lowest BCUT2D eigenvalue weighted by molar-refractivity contribution is -0.140. The average Bonchev–Trinajstić information content (AvgIpc) is 2.82. The predicted molar refractivity (Wildman–Crippen MR) is 147 cm³/mol. The first-order chi connectivity index (χ1) is 18.2. The number of hydrogen-bond acceptors (Lipinski definition) is 6. The van der Waals surface area contributed by atoms with Gasteiger partial charge in [0.15, 0.2) is 0 Å². The smallest absolute Gasteiger partial charge is 0.408 e. The first-order valence-corrected chi connectivity index (χ1v) is 12.6. The van der Waals surface area contributed by atoms with E-state index in [2.05, 4.69) is 10.6 Å². The third-order valence-corrected chi connectivity index (χ3v) is 5.88. The van der Waals surface area contributed by atoms with Crippen molar-refractivity contribution in [2.45, 2.75) is 72.1 Å². The molecule has 2 aromatic carbocycles. The molecule has 2 atom stereocenters. The van der Waals surface area contributed by atoms with Crippen molar-refractivity contribution in [2.24, 2.45) is 5.73 Å². The van der Waals surface area contributed by atoms with Gasteiger partial charge in [-0.3, -0.25) is 14.4 Å². The van der Waals surface area contributed by atoms with E-state index < -0.39 is 48.0 Å². The fraction of sp³-hybridized carbons (Fsp3) is 0.414. The zero-order valence-electron chi connectivity index (χ0n) is 23.3. The topological polar surface area (TPSA) is 155 Å². The number of primary amides is 1. The van der Waals surface area contributed by atoms with Crippen LogP contribution in [-0.4, -0.2) is 46.9 Å². The van der Waals surface area contributed by atoms with E-state index in [-0.39, 0.29) is 12.8 Å². The van der Waals surface area contributed by atoms with Crippen molar-refractivity contribution in [1.29, 1.82) is 5.26 Å². The molecule has 0 heterocycles. The van der Waals surface area contributed by atoms with Crippen LogP contribution in [0.5, 0.6) is 0 Å². The number of nitrogens with one attached hydrogen (secondary N) is 2. The van der Waals surface area contributed by atoms with E-state index in [0.29, 0.717) is 11.3 Å². The highest BCUT2D eigenvalue weighted by molar-refractivity contribution is 5.99. The zero-order chi connectivity index (χ0) is 29.3. The molecular formula is C29H37N5O5. The summed E-state index contributed by atoms with van der Waals surface area (Å²) in [6.07, 6.45) is -1.24. The van der Waals surface area contributed by atoms with Crippen LogP contribution in [-0.2, 0) is 19.1 Å². The standard InChI is InChI=1S/C29H37N5O5/c1-18-11-12-21(20(3)17-18)25(26(36)32-22-10-8-7-9-19(22)2)34(16-15-30)27(37)23(13-14-24(31)35)33-28(38)39-29(4,5)6/h7-12,17,23,25H,13-14,16H2,1-6H3,(H2,31,35)(H,32,36)(H,33,38). The lowest BCUT2D eigenvalue weighted by Gasteiger charge is -2.33. The van der Waals surface area contributed by atoms with Crippen LogP contribution in [0.4, 0.5) is 10.5 Å². The van der Waals surface area contributed by atoms with E-state index in [1.54, 1.807) is 39.0 Å². The van der Waals surface area contributed by atoms with E-state index in [1.807, 2.05) is 51.1 Å². The quantitative estimate of drug-likeness (QED) is 0.393. The Labute approximate surface area is 229 Å². The number of aryl methyl sites for hydroxylation is 3. The van der Waals surface area contributed by atoms with Gasteiger partial charge in [-0.2, -0.15) is 5.26 Å². The largest absolute Gasteiger partial charge is 0.444 e. The van der Waals surface area contributed by atoms with E-state index in [0.717, 1.165) is 21.6 Å². The van der Waals surface area contributed by atoms with E-state index in [1.165, 1.54) is 0 Å². The molecule has 0 spiro atoms. The van der Waals surface area contributed by atoms with Gasteiger partial charge >= 0.3 is 6.09 Å². The van der Waals surface area contributed by atoms with Crippen LogP contribution in [0.3, 0.4) is 0 Å². The maximum Gasteiger partial charge on any atom is 0.408 e. The molecule has 10 nitrogen and oxygen atoms in total. The number of anilines is 1. The number of nitrogens with zero attached hydrogens (tertiary/aromatic N) is 2. The van der Waals surface area contributed by atoms with Gasteiger partial charge in [-0.25, -0.2) is 4.79 Å². The maximum absolute atomic E-state index is 13.9. The molecule has 0 saturated carbocycles. The van der Waals surface area contributed by atoms with Gasteiger partial charge in [0, 0.05) is 12.1 Å². The SMILES string of the molecule is Cc1ccc(C(C(=O)Nc2ccccc2C)N(CC#N)C(=O)C(CCC(N)=O)NC(=O)OC(C)(C)C)c(C)c1. The number of carbonyl (C=O) groups excluding carboxylic acids is 4. The molecule has 0 aromatic heterocycles. The number of nitrogens with two attached hydrogens (primary N) is 1. The Hall–Kier alpha value is -4.39. The lowest BCUT2D eigenvalue weighted by atomic mass is 9.96. The number of nitriles is 1. The summed E-state index contributed by atoms with van der Waals surface area (Å²) in [6, 6.07) is 12.1. The molecule has 0 fully saturated rings. The lowest BCUT2D eigenvalue weighted by Crippen LogP contribution is -2.52. The highest BCUT2D eigenvalue weighted by Crippen LogP contribution is 2.28. The number of amides is 4.